The third kappa shape index (κ3) is 4.05. The van der Waals surface area contributed by atoms with E-state index >= 15 is 0 Å². The summed E-state index contributed by atoms with van der Waals surface area (Å²) in [6.07, 6.45) is 7.37. The van der Waals surface area contributed by atoms with E-state index < -0.39 is 5.41 Å². The molecule has 0 radical (unpaired) electrons. The molecular formula is C30H35N3O4. The number of aliphatic hydroxyl groups excluding tert-OH is 1. The molecule has 2 aliphatic carbocycles. The van der Waals surface area contributed by atoms with Crippen LogP contribution in [0.5, 0.6) is 0 Å². The minimum absolute atomic E-state index is 0.0519. The van der Waals surface area contributed by atoms with Gasteiger partial charge in [0.25, 0.3) is 5.91 Å². The summed E-state index contributed by atoms with van der Waals surface area (Å²) in [5, 5.41) is 16.5. The molecule has 0 spiro atoms. The van der Waals surface area contributed by atoms with Crippen LogP contribution < -0.4 is 4.90 Å². The maximum absolute atomic E-state index is 13.3. The molecule has 0 atom stereocenters. The van der Waals surface area contributed by atoms with E-state index in [1.54, 1.807) is 13.0 Å². The van der Waals surface area contributed by atoms with Crippen LogP contribution in [0.4, 0.5) is 5.69 Å². The molecular weight excluding hydrogens is 466 g/mol. The van der Waals surface area contributed by atoms with Crippen molar-refractivity contribution in [2.24, 2.45) is 11.0 Å². The smallest absolute Gasteiger partial charge is 0.276 e. The summed E-state index contributed by atoms with van der Waals surface area (Å²) in [6.45, 7) is 8.75. The van der Waals surface area contributed by atoms with Gasteiger partial charge in [0.2, 0.25) is 5.78 Å². The molecule has 4 aliphatic rings. The SMILES string of the molecule is CCN1N=C(C)/C(=C2/C(=O)C(/C=C3\N(CCCC(=O)C4CCCC4)c4ccccc4C3(C)C)=C2O)C1=O. The van der Waals surface area contributed by atoms with Gasteiger partial charge in [-0.1, -0.05) is 44.9 Å². The molecule has 1 amide bonds. The Balaban J connectivity index is 1.46. The van der Waals surface area contributed by atoms with Gasteiger partial charge in [-0.15, -0.1) is 0 Å². The second kappa shape index (κ2) is 9.43. The Hall–Kier alpha value is -3.48. The zero-order valence-corrected chi connectivity index (χ0v) is 22.1. The summed E-state index contributed by atoms with van der Waals surface area (Å²) in [5.41, 5.74) is 3.59. The molecule has 0 unspecified atom stereocenters. The summed E-state index contributed by atoms with van der Waals surface area (Å²) in [5.74, 6) is -0.281. The van der Waals surface area contributed by atoms with Crippen LogP contribution in [0.25, 0.3) is 0 Å². The minimum Gasteiger partial charge on any atom is -0.506 e. The Morgan fingerprint density at radius 1 is 1.16 bits per heavy atom. The van der Waals surface area contributed by atoms with Gasteiger partial charge < -0.3 is 10.0 Å². The number of nitrogens with zero attached hydrogens (tertiary/aromatic N) is 3. The van der Waals surface area contributed by atoms with Gasteiger partial charge in [0.05, 0.1) is 22.4 Å². The number of fused-ring (bicyclic) bond motifs is 1. The van der Waals surface area contributed by atoms with Crippen LogP contribution in [0.1, 0.15) is 71.8 Å². The first-order valence-electron chi connectivity index (χ1n) is 13.4. The molecule has 7 heteroatoms. The zero-order valence-electron chi connectivity index (χ0n) is 22.1. The largest absolute Gasteiger partial charge is 0.506 e. The monoisotopic (exact) mass is 501 g/mol. The van der Waals surface area contributed by atoms with Crippen LogP contribution in [0.2, 0.25) is 0 Å². The Bertz CT molecular complexity index is 1310. The summed E-state index contributed by atoms with van der Waals surface area (Å²) < 4.78 is 0. The standard InChI is InChI=1S/C30H35N3O4/c1-5-33-29(37)25(18(2)31-33)26-27(35)20(28(26)36)17-24-30(3,4)21-13-8-9-14-22(21)32(24)16-10-15-23(34)19-11-6-7-12-19/h8-9,13-14,17,19,35H,5-7,10-12,15-16H2,1-4H3/b24-17-,26-25-. The average molecular weight is 502 g/mol. The van der Waals surface area contributed by atoms with E-state index in [-0.39, 0.29) is 40.1 Å². The van der Waals surface area contributed by atoms with E-state index in [9.17, 15) is 19.5 Å². The lowest BCUT2D eigenvalue weighted by atomic mass is 9.79. The second-order valence-corrected chi connectivity index (χ2v) is 10.9. The number of Topliss-reactive ketones (excluding diaryl/α,β-unsaturated/α-hetero) is 2. The van der Waals surface area contributed by atoms with E-state index in [0.717, 1.165) is 49.1 Å². The zero-order chi connectivity index (χ0) is 26.5. The van der Waals surface area contributed by atoms with E-state index in [1.165, 1.54) is 5.01 Å². The molecule has 7 nitrogen and oxygen atoms in total. The van der Waals surface area contributed by atoms with Crippen molar-refractivity contribution in [3.63, 3.8) is 0 Å². The highest BCUT2D eigenvalue weighted by Crippen LogP contribution is 2.49. The fraction of sp³-hybridized carbons (Fsp3) is 0.467. The molecule has 2 heterocycles. The Morgan fingerprint density at radius 3 is 2.51 bits per heavy atom. The molecule has 1 N–H and O–H groups in total. The van der Waals surface area contributed by atoms with Crippen LogP contribution in [0.15, 0.2) is 63.6 Å². The summed E-state index contributed by atoms with van der Waals surface area (Å²) in [7, 11) is 0. The van der Waals surface area contributed by atoms with Crippen molar-refractivity contribution >= 4 is 28.9 Å². The predicted octanol–water partition coefficient (Wildman–Crippen LogP) is 5.14. The van der Waals surface area contributed by atoms with Gasteiger partial charge in [0.15, 0.2) is 0 Å². The number of para-hydroxylation sites is 1. The molecule has 194 valence electrons. The fourth-order valence-corrected chi connectivity index (χ4v) is 6.19. The van der Waals surface area contributed by atoms with Gasteiger partial charge in [-0.3, -0.25) is 14.4 Å². The number of anilines is 1. The lowest BCUT2D eigenvalue weighted by Crippen LogP contribution is -2.32. The quantitative estimate of drug-likeness (QED) is 0.523. The lowest BCUT2D eigenvalue weighted by molar-refractivity contribution is -0.126. The third-order valence-electron chi connectivity index (χ3n) is 8.29. The number of aliphatic hydroxyl groups is 1. The van der Waals surface area contributed by atoms with Crippen LogP contribution >= 0.6 is 0 Å². The molecule has 1 fully saturated rings. The molecule has 5 rings (SSSR count). The van der Waals surface area contributed by atoms with Crippen LogP contribution in [0, 0.1) is 5.92 Å². The fourth-order valence-electron chi connectivity index (χ4n) is 6.19. The topological polar surface area (TPSA) is 90.3 Å². The number of hydrazone groups is 1. The molecule has 0 bridgehead atoms. The van der Waals surface area contributed by atoms with Gasteiger partial charge in [-0.05, 0) is 50.8 Å². The molecule has 37 heavy (non-hydrogen) atoms. The first kappa shape index (κ1) is 25.2. The van der Waals surface area contributed by atoms with Gasteiger partial charge in [0.1, 0.15) is 11.5 Å². The number of hydrogen-bond donors (Lipinski definition) is 1. The summed E-state index contributed by atoms with van der Waals surface area (Å²) in [4.78, 5) is 40.8. The van der Waals surface area contributed by atoms with E-state index in [0.29, 0.717) is 31.0 Å². The van der Waals surface area contributed by atoms with E-state index in [2.05, 4.69) is 36.0 Å². The number of allylic oxidation sites excluding steroid dienone is 4. The highest BCUT2D eigenvalue weighted by molar-refractivity contribution is 6.33. The maximum atomic E-state index is 13.3. The van der Waals surface area contributed by atoms with Crippen molar-refractivity contribution < 1.29 is 19.5 Å². The number of carbonyl (C=O) groups is 3. The van der Waals surface area contributed by atoms with Crippen molar-refractivity contribution in [1.29, 1.82) is 0 Å². The minimum atomic E-state index is -0.401. The highest BCUT2D eigenvalue weighted by atomic mass is 16.3. The van der Waals surface area contributed by atoms with Gasteiger partial charge in [0, 0.05) is 42.2 Å². The number of hydrogen-bond acceptors (Lipinski definition) is 6. The van der Waals surface area contributed by atoms with E-state index in [4.69, 9.17) is 0 Å². The number of carbonyl (C=O) groups excluding carboxylic acids is 3. The summed E-state index contributed by atoms with van der Waals surface area (Å²) >= 11 is 0. The molecule has 0 saturated heterocycles. The number of amides is 1. The van der Waals surface area contributed by atoms with Crippen molar-refractivity contribution in [3.8, 4) is 0 Å². The molecule has 1 saturated carbocycles. The number of ketones is 2. The normalized spacial score (nSPS) is 24.3. The predicted molar refractivity (Wildman–Crippen MR) is 143 cm³/mol. The van der Waals surface area contributed by atoms with Crippen molar-refractivity contribution in [2.75, 3.05) is 18.0 Å². The van der Waals surface area contributed by atoms with Crippen molar-refractivity contribution in [1.82, 2.24) is 5.01 Å². The van der Waals surface area contributed by atoms with Crippen molar-refractivity contribution in [3.05, 3.63) is 64.1 Å². The van der Waals surface area contributed by atoms with Crippen LogP contribution in [-0.2, 0) is 19.8 Å². The third-order valence-corrected chi connectivity index (χ3v) is 8.29. The number of benzene rings is 1. The Kier molecular flexibility index (Phi) is 6.42. The van der Waals surface area contributed by atoms with Crippen LogP contribution in [-0.4, -0.2) is 46.4 Å². The average Bonchev–Trinajstić information content (AvgIpc) is 3.56. The molecule has 1 aromatic rings. The molecule has 1 aromatic carbocycles. The van der Waals surface area contributed by atoms with Crippen LogP contribution in [0.3, 0.4) is 0 Å². The second-order valence-electron chi connectivity index (χ2n) is 10.9. The first-order chi connectivity index (χ1) is 17.7. The van der Waals surface area contributed by atoms with Gasteiger partial charge >= 0.3 is 0 Å². The number of rotatable bonds is 7. The van der Waals surface area contributed by atoms with Gasteiger partial charge in [-0.2, -0.15) is 5.10 Å². The first-order valence-corrected chi connectivity index (χ1v) is 13.4. The highest BCUT2D eigenvalue weighted by Gasteiger charge is 2.44. The van der Waals surface area contributed by atoms with Crippen molar-refractivity contribution in [2.45, 2.75) is 71.6 Å². The van der Waals surface area contributed by atoms with Gasteiger partial charge in [-0.25, -0.2) is 5.01 Å². The number of likely N-dealkylation sites (N-methyl/N-ethyl adjacent to an activating group) is 1. The van der Waals surface area contributed by atoms with E-state index in [1.807, 2.05) is 19.1 Å². The Morgan fingerprint density at radius 2 is 1.86 bits per heavy atom. The molecule has 0 aromatic heterocycles. The Labute approximate surface area is 218 Å². The summed E-state index contributed by atoms with van der Waals surface area (Å²) in [6, 6.07) is 8.16. The maximum Gasteiger partial charge on any atom is 0.276 e. The lowest BCUT2D eigenvalue weighted by Gasteiger charge is -2.29. The molecule has 2 aliphatic heterocycles.